The molecule has 0 spiro atoms. The number of hydrogen-bond acceptors (Lipinski definition) is 6. The molecule has 1 saturated carbocycles. The number of non-ortho nitro benzene ring substituents is 1. The van der Waals surface area contributed by atoms with Gasteiger partial charge in [-0.05, 0) is 34.8 Å². The molecule has 1 heterocycles. The molecule has 1 aliphatic rings. The van der Waals surface area contributed by atoms with Crippen molar-refractivity contribution in [2.45, 2.75) is 32.1 Å². The van der Waals surface area contributed by atoms with Gasteiger partial charge in [0.1, 0.15) is 11.3 Å². The number of benzene rings is 1. The molecule has 0 N–H and O–H groups in total. The number of nitro groups is 1. The summed E-state index contributed by atoms with van der Waals surface area (Å²) in [6.07, 6.45) is 4.29. The van der Waals surface area contributed by atoms with E-state index < -0.39 is 4.92 Å². The lowest BCUT2D eigenvalue weighted by Crippen LogP contribution is -2.13. The fourth-order valence-electron chi connectivity index (χ4n) is 2.77. The Morgan fingerprint density at radius 2 is 2.00 bits per heavy atom. The molecule has 0 bridgehead atoms. The van der Waals surface area contributed by atoms with Crippen molar-refractivity contribution >= 4 is 22.5 Å². The van der Waals surface area contributed by atoms with Crippen LogP contribution in [0.4, 0.5) is 5.69 Å². The molecular weight excluding hydrogens is 262 g/mol. The Balaban J connectivity index is 1.92. The van der Waals surface area contributed by atoms with E-state index in [0.717, 1.165) is 25.7 Å². The highest BCUT2D eigenvalue weighted by atomic mass is 16.6. The normalized spacial score (nSPS) is 15.8. The fraction of sp³-hybridized carbons (Fsp3) is 0.462. The minimum absolute atomic E-state index is 0.103. The minimum Gasteiger partial charge on any atom is -0.299 e. The summed E-state index contributed by atoms with van der Waals surface area (Å²) in [7, 11) is 0. The maximum atomic E-state index is 12.2. The van der Waals surface area contributed by atoms with Gasteiger partial charge in [0.25, 0.3) is 0 Å². The van der Waals surface area contributed by atoms with Gasteiger partial charge in [0.15, 0.2) is 0 Å². The maximum Gasteiger partial charge on any atom is 0.300 e. The van der Waals surface area contributed by atoms with E-state index in [2.05, 4.69) is 14.9 Å². The lowest BCUT2D eigenvalue weighted by Gasteiger charge is -2.07. The van der Waals surface area contributed by atoms with Crippen molar-refractivity contribution in [1.82, 2.24) is 10.3 Å². The number of Topliss-reactive ketones (excluding diaryl/α,β-unsaturated/α-hetero) is 1. The van der Waals surface area contributed by atoms with E-state index in [1.54, 1.807) is 6.07 Å². The zero-order chi connectivity index (χ0) is 14.1. The van der Waals surface area contributed by atoms with Gasteiger partial charge in [0.2, 0.25) is 5.52 Å². The number of nitrogens with zero attached hydrogens (tertiary/aromatic N) is 3. The molecular formula is C13H13N3O4. The van der Waals surface area contributed by atoms with Crippen LogP contribution in [0.1, 0.15) is 31.2 Å². The summed E-state index contributed by atoms with van der Waals surface area (Å²) in [5.74, 6) is 0.278. The largest absolute Gasteiger partial charge is 0.300 e. The second-order valence-electron chi connectivity index (χ2n) is 5.09. The average Bonchev–Trinajstić information content (AvgIpc) is 3.10. The van der Waals surface area contributed by atoms with E-state index in [1.165, 1.54) is 6.07 Å². The predicted octanol–water partition coefficient (Wildman–Crippen LogP) is 2.43. The van der Waals surface area contributed by atoms with Crippen LogP contribution in [0.15, 0.2) is 16.8 Å². The lowest BCUT2D eigenvalue weighted by molar-refractivity contribution is -0.383. The molecule has 2 aromatic rings. The second kappa shape index (κ2) is 4.99. The number of hydrogen-bond donors (Lipinski definition) is 0. The van der Waals surface area contributed by atoms with Crippen LogP contribution in [0.25, 0.3) is 11.0 Å². The van der Waals surface area contributed by atoms with Gasteiger partial charge in [0, 0.05) is 18.4 Å². The van der Waals surface area contributed by atoms with Crippen LogP contribution in [-0.4, -0.2) is 21.0 Å². The zero-order valence-corrected chi connectivity index (χ0v) is 10.7. The van der Waals surface area contributed by atoms with Crippen LogP contribution in [-0.2, 0) is 11.2 Å². The number of fused-ring (bicyclic) bond motifs is 1. The Hall–Kier alpha value is -2.31. The van der Waals surface area contributed by atoms with Gasteiger partial charge in [0.05, 0.1) is 4.92 Å². The number of carbonyl (C=O) groups excluding carboxylic acids is 1. The molecule has 0 amide bonds. The molecule has 1 fully saturated rings. The van der Waals surface area contributed by atoms with E-state index in [9.17, 15) is 14.9 Å². The first-order valence-corrected chi connectivity index (χ1v) is 6.58. The Labute approximate surface area is 114 Å². The third-order valence-electron chi connectivity index (χ3n) is 3.85. The van der Waals surface area contributed by atoms with Crippen LogP contribution in [0.5, 0.6) is 0 Å². The molecule has 1 aromatic carbocycles. The molecule has 0 aliphatic heterocycles. The number of rotatable bonds is 4. The third-order valence-corrected chi connectivity index (χ3v) is 3.85. The van der Waals surface area contributed by atoms with E-state index >= 15 is 0 Å². The average molecular weight is 275 g/mol. The Kier molecular flexibility index (Phi) is 3.17. The summed E-state index contributed by atoms with van der Waals surface area (Å²) < 4.78 is 4.59. The summed E-state index contributed by atoms with van der Waals surface area (Å²) in [5.41, 5.74) is 0.902. The molecule has 1 aromatic heterocycles. The molecule has 3 rings (SSSR count). The Bertz CT molecular complexity index is 673. The van der Waals surface area contributed by atoms with Crippen LogP contribution < -0.4 is 0 Å². The van der Waals surface area contributed by atoms with Crippen molar-refractivity contribution in [3.05, 3.63) is 27.8 Å². The van der Waals surface area contributed by atoms with E-state index in [0.29, 0.717) is 11.1 Å². The van der Waals surface area contributed by atoms with Crippen molar-refractivity contribution in [3.63, 3.8) is 0 Å². The summed E-state index contributed by atoms with van der Waals surface area (Å²) in [6, 6.07) is 2.92. The topological polar surface area (TPSA) is 99.1 Å². The summed E-state index contributed by atoms with van der Waals surface area (Å²) in [6.45, 7) is 0. The second-order valence-corrected chi connectivity index (χ2v) is 5.09. The summed E-state index contributed by atoms with van der Waals surface area (Å²) >= 11 is 0. The number of aromatic nitrogens is 2. The molecule has 0 saturated heterocycles. The van der Waals surface area contributed by atoms with Gasteiger partial charge in [-0.2, -0.15) is 0 Å². The molecule has 0 atom stereocenters. The Morgan fingerprint density at radius 3 is 2.70 bits per heavy atom. The van der Waals surface area contributed by atoms with Gasteiger partial charge >= 0.3 is 5.69 Å². The van der Waals surface area contributed by atoms with Gasteiger partial charge in [-0.3, -0.25) is 14.9 Å². The van der Waals surface area contributed by atoms with Crippen molar-refractivity contribution < 1.29 is 14.3 Å². The van der Waals surface area contributed by atoms with Crippen LogP contribution in [0, 0.1) is 16.0 Å². The zero-order valence-electron chi connectivity index (χ0n) is 10.7. The molecule has 0 radical (unpaired) electrons. The van der Waals surface area contributed by atoms with Crippen molar-refractivity contribution in [1.29, 1.82) is 0 Å². The molecule has 7 nitrogen and oxygen atoms in total. The first-order chi connectivity index (χ1) is 9.66. The third kappa shape index (κ3) is 2.15. The van der Waals surface area contributed by atoms with Gasteiger partial charge in [-0.25, -0.2) is 4.63 Å². The standard InChI is InChI=1S/C13H13N3O4/c17-11(8-3-1-2-4-8)7-9-5-6-10(16(18)19)13-12(9)14-20-15-13/h5-6,8H,1-4,7H2. The van der Waals surface area contributed by atoms with Crippen LogP contribution in [0.3, 0.4) is 0 Å². The molecule has 104 valence electrons. The van der Waals surface area contributed by atoms with E-state index in [4.69, 9.17) is 0 Å². The molecule has 7 heteroatoms. The van der Waals surface area contributed by atoms with Crippen molar-refractivity contribution in [3.8, 4) is 0 Å². The first-order valence-electron chi connectivity index (χ1n) is 6.58. The Morgan fingerprint density at radius 1 is 1.30 bits per heavy atom. The molecule has 20 heavy (non-hydrogen) atoms. The summed E-state index contributed by atoms with van der Waals surface area (Å²) in [5, 5.41) is 18.1. The van der Waals surface area contributed by atoms with Crippen LogP contribution in [0.2, 0.25) is 0 Å². The highest BCUT2D eigenvalue weighted by molar-refractivity contribution is 5.91. The number of nitro benzene ring substituents is 1. The summed E-state index contributed by atoms with van der Waals surface area (Å²) in [4.78, 5) is 22.5. The van der Waals surface area contributed by atoms with Gasteiger partial charge < -0.3 is 0 Å². The highest BCUT2D eigenvalue weighted by Gasteiger charge is 2.25. The predicted molar refractivity (Wildman–Crippen MR) is 69.1 cm³/mol. The van der Waals surface area contributed by atoms with Crippen LogP contribution >= 0.6 is 0 Å². The minimum atomic E-state index is -0.533. The van der Waals surface area contributed by atoms with Crippen molar-refractivity contribution in [2.75, 3.05) is 0 Å². The smallest absolute Gasteiger partial charge is 0.299 e. The van der Waals surface area contributed by atoms with Crippen molar-refractivity contribution in [2.24, 2.45) is 5.92 Å². The first kappa shape index (κ1) is 12.7. The number of ketones is 1. The van der Waals surface area contributed by atoms with E-state index in [1.807, 2.05) is 0 Å². The highest BCUT2D eigenvalue weighted by Crippen LogP contribution is 2.29. The lowest BCUT2D eigenvalue weighted by atomic mass is 9.96. The monoisotopic (exact) mass is 275 g/mol. The molecule has 0 unspecified atom stereocenters. The van der Waals surface area contributed by atoms with Gasteiger partial charge in [-0.15, -0.1) is 0 Å². The number of carbonyl (C=O) groups is 1. The van der Waals surface area contributed by atoms with Gasteiger partial charge in [-0.1, -0.05) is 12.8 Å². The van der Waals surface area contributed by atoms with E-state index in [-0.39, 0.29) is 29.3 Å². The molecule has 1 aliphatic carbocycles. The maximum absolute atomic E-state index is 12.2. The SMILES string of the molecule is O=C(Cc1ccc([N+](=O)[O-])c2nonc12)C1CCCC1. The fourth-order valence-corrected chi connectivity index (χ4v) is 2.77. The quantitative estimate of drug-likeness (QED) is 0.627.